The van der Waals surface area contributed by atoms with Crippen LogP contribution in [0.4, 0.5) is 11.8 Å². The van der Waals surface area contributed by atoms with Crippen molar-refractivity contribution in [2.45, 2.75) is 26.7 Å². The van der Waals surface area contributed by atoms with Crippen molar-refractivity contribution < 1.29 is 9.59 Å². The smallest absolute Gasteiger partial charge is 0.227 e. The van der Waals surface area contributed by atoms with Crippen molar-refractivity contribution in [3.8, 4) is 0 Å². The van der Waals surface area contributed by atoms with Crippen LogP contribution in [0.1, 0.15) is 25.5 Å². The minimum Gasteiger partial charge on any atom is -0.368 e. The molecule has 3 heterocycles. The van der Waals surface area contributed by atoms with Gasteiger partial charge in [0.2, 0.25) is 17.8 Å². The topological polar surface area (TPSA) is 95.7 Å². The average Bonchev–Trinajstić information content (AvgIpc) is 2.60. The largest absolute Gasteiger partial charge is 0.368 e. The first-order valence-electron chi connectivity index (χ1n) is 8.84. The second-order valence-electron chi connectivity index (χ2n) is 6.84. The Morgan fingerprint density at radius 3 is 2.48 bits per heavy atom. The summed E-state index contributed by atoms with van der Waals surface area (Å²) in [6.07, 6.45) is 1.76. The van der Waals surface area contributed by atoms with Gasteiger partial charge in [-0.05, 0) is 19.8 Å². The number of carbonyl (C=O) groups is 2. The monoisotopic (exact) mass is 346 g/mol. The number of hydrogen-bond donors (Lipinski definition) is 1. The predicted octanol–water partition coefficient (Wildman–Crippen LogP) is 0.274. The van der Waals surface area contributed by atoms with E-state index in [-0.39, 0.29) is 23.7 Å². The summed E-state index contributed by atoms with van der Waals surface area (Å²) in [5, 5.41) is 0. The fraction of sp³-hybridized carbons (Fsp3) is 0.647. The van der Waals surface area contributed by atoms with Crippen molar-refractivity contribution in [1.29, 1.82) is 0 Å². The van der Waals surface area contributed by atoms with Crippen molar-refractivity contribution in [3.63, 3.8) is 0 Å². The standard InChI is InChI=1S/C17H26N6O2/c1-12-10-15(20-17(18)19-12)21-6-8-22(9-7-21)16(25)14-4-3-5-23(11-14)13(2)24/h10,14H,3-9,11H2,1-2H3,(H2,18,19,20)/t14-/m1/s1. The molecule has 0 bridgehead atoms. The Morgan fingerprint density at radius 2 is 1.84 bits per heavy atom. The van der Waals surface area contributed by atoms with Gasteiger partial charge in [-0.15, -0.1) is 0 Å². The van der Waals surface area contributed by atoms with Gasteiger partial charge in [-0.3, -0.25) is 9.59 Å². The van der Waals surface area contributed by atoms with Crippen LogP contribution in [-0.2, 0) is 9.59 Å². The van der Waals surface area contributed by atoms with Crippen LogP contribution in [0, 0.1) is 12.8 Å². The van der Waals surface area contributed by atoms with E-state index in [2.05, 4.69) is 14.9 Å². The molecule has 8 nitrogen and oxygen atoms in total. The maximum absolute atomic E-state index is 12.8. The van der Waals surface area contributed by atoms with Gasteiger partial charge < -0.3 is 20.4 Å². The first-order chi connectivity index (χ1) is 11.9. The molecule has 1 atom stereocenters. The van der Waals surface area contributed by atoms with E-state index in [4.69, 9.17) is 5.73 Å². The molecule has 2 fully saturated rings. The number of amides is 2. The van der Waals surface area contributed by atoms with E-state index in [0.29, 0.717) is 19.6 Å². The third kappa shape index (κ3) is 4.00. The summed E-state index contributed by atoms with van der Waals surface area (Å²) >= 11 is 0. The highest BCUT2D eigenvalue weighted by molar-refractivity contribution is 5.81. The van der Waals surface area contributed by atoms with Crippen LogP contribution in [0.15, 0.2) is 6.07 Å². The highest BCUT2D eigenvalue weighted by atomic mass is 16.2. The van der Waals surface area contributed by atoms with Crippen molar-refractivity contribution in [2.75, 3.05) is 49.9 Å². The molecule has 0 unspecified atom stereocenters. The van der Waals surface area contributed by atoms with Crippen LogP contribution >= 0.6 is 0 Å². The van der Waals surface area contributed by atoms with Crippen LogP contribution in [0.25, 0.3) is 0 Å². The third-order valence-corrected chi connectivity index (χ3v) is 4.99. The number of anilines is 2. The third-order valence-electron chi connectivity index (χ3n) is 4.99. The maximum atomic E-state index is 12.8. The number of aromatic nitrogens is 2. The van der Waals surface area contributed by atoms with Gasteiger partial charge in [0.25, 0.3) is 0 Å². The summed E-state index contributed by atoms with van der Waals surface area (Å²) in [7, 11) is 0. The van der Waals surface area contributed by atoms with Crippen LogP contribution in [0.2, 0.25) is 0 Å². The summed E-state index contributed by atoms with van der Waals surface area (Å²) in [6, 6.07) is 1.92. The molecule has 0 radical (unpaired) electrons. The minimum absolute atomic E-state index is 0.0547. The van der Waals surface area contributed by atoms with E-state index in [1.807, 2.05) is 17.9 Å². The Bertz CT molecular complexity index is 636. The van der Waals surface area contributed by atoms with Gasteiger partial charge in [-0.25, -0.2) is 4.98 Å². The molecule has 2 N–H and O–H groups in total. The SMILES string of the molecule is CC(=O)N1CCC[C@@H](C(=O)N2CCN(c3cc(C)nc(N)n3)CC2)C1. The number of hydrogen-bond acceptors (Lipinski definition) is 6. The average molecular weight is 346 g/mol. The molecular weight excluding hydrogens is 320 g/mol. The Kier molecular flexibility index (Phi) is 5.06. The van der Waals surface area contributed by atoms with E-state index < -0.39 is 0 Å². The van der Waals surface area contributed by atoms with Crippen molar-refractivity contribution >= 4 is 23.6 Å². The molecular formula is C17H26N6O2. The molecule has 0 aromatic carbocycles. The second-order valence-corrected chi connectivity index (χ2v) is 6.84. The van der Waals surface area contributed by atoms with E-state index in [1.54, 1.807) is 11.8 Å². The fourth-order valence-electron chi connectivity index (χ4n) is 3.62. The molecule has 2 amide bonds. The molecule has 3 rings (SSSR count). The van der Waals surface area contributed by atoms with Crippen LogP contribution in [0.3, 0.4) is 0 Å². The summed E-state index contributed by atoms with van der Waals surface area (Å²) in [4.78, 5) is 38.6. The molecule has 0 aliphatic carbocycles. The van der Waals surface area contributed by atoms with Crippen molar-refractivity contribution in [2.24, 2.45) is 5.92 Å². The molecule has 0 spiro atoms. The van der Waals surface area contributed by atoms with E-state index in [0.717, 1.165) is 44.0 Å². The number of piperazine rings is 1. The lowest BCUT2D eigenvalue weighted by atomic mass is 9.96. The van der Waals surface area contributed by atoms with Crippen molar-refractivity contribution in [1.82, 2.24) is 19.8 Å². The van der Waals surface area contributed by atoms with Crippen LogP contribution in [-0.4, -0.2) is 70.9 Å². The Balaban J connectivity index is 1.58. The van der Waals surface area contributed by atoms with Gasteiger partial charge in [0.05, 0.1) is 5.92 Å². The van der Waals surface area contributed by atoms with Gasteiger partial charge in [0.1, 0.15) is 5.82 Å². The van der Waals surface area contributed by atoms with Crippen LogP contribution in [0.5, 0.6) is 0 Å². The number of aryl methyl sites for hydroxylation is 1. The highest BCUT2D eigenvalue weighted by Gasteiger charge is 2.32. The molecule has 8 heteroatoms. The van der Waals surface area contributed by atoms with Crippen LogP contribution < -0.4 is 10.6 Å². The maximum Gasteiger partial charge on any atom is 0.227 e. The van der Waals surface area contributed by atoms with E-state index in [1.165, 1.54) is 0 Å². The number of carbonyl (C=O) groups excluding carboxylic acids is 2. The van der Waals surface area contributed by atoms with Gasteiger partial charge in [0.15, 0.2) is 0 Å². The normalized spacial score (nSPS) is 21.4. The summed E-state index contributed by atoms with van der Waals surface area (Å²) in [5.41, 5.74) is 6.57. The summed E-state index contributed by atoms with van der Waals surface area (Å²) in [5.74, 6) is 1.25. The molecule has 1 aromatic heterocycles. The number of rotatable bonds is 2. The lowest BCUT2D eigenvalue weighted by Crippen LogP contribution is -2.53. The first-order valence-corrected chi connectivity index (χ1v) is 8.84. The Hall–Kier alpha value is -2.38. The zero-order valence-corrected chi connectivity index (χ0v) is 14.9. The Morgan fingerprint density at radius 1 is 1.12 bits per heavy atom. The van der Waals surface area contributed by atoms with E-state index >= 15 is 0 Å². The summed E-state index contributed by atoms with van der Waals surface area (Å²) < 4.78 is 0. The molecule has 2 saturated heterocycles. The lowest BCUT2D eigenvalue weighted by molar-refractivity contribution is -0.140. The fourth-order valence-corrected chi connectivity index (χ4v) is 3.62. The number of nitrogens with two attached hydrogens (primary N) is 1. The number of nitrogens with zero attached hydrogens (tertiary/aromatic N) is 5. The Labute approximate surface area is 148 Å². The highest BCUT2D eigenvalue weighted by Crippen LogP contribution is 2.21. The van der Waals surface area contributed by atoms with Crippen molar-refractivity contribution in [3.05, 3.63) is 11.8 Å². The number of likely N-dealkylation sites (tertiary alicyclic amines) is 1. The molecule has 0 saturated carbocycles. The zero-order valence-electron chi connectivity index (χ0n) is 14.9. The van der Waals surface area contributed by atoms with E-state index in [9.17, 15) is 9.59 Å². The lowest BCUT2D eigenvalue weighted by Gasteiger charge is -2.39. The minimum atomic E-state index is -0.0684. The quantitative estimate of drug-likeness (QED) is 0.826. The summed E-state index contributed by atoms with van der Waals surface area (Å²) in [6.45, 7) is 7.57. The first kappa shape index (κ1) is 17.4. The van der Waals surface area contributed by atoms with Gasteiger partial charge in [-0.1, -0.05) is 0 Å². The zero-order chi connectivity index (χ0) is 18.0. The molecule has 25 heavy (non-hydrogen) atoms. The molecule has 2 aliphatic rings. The van der Waals surface area contributed by atoms with Gasteiger partial charge in [0, 0.05) is 58.0 Å². The number of nitrogen functional groups attached to an aromatic ring is 1. The van der Waals surface area contributed by atoms with Gasteiger partial charge >= 0.3 is 0 Å². The molecule has 1 aromatic rings. The predicted molar refractivity (Wildman–Crippen MR) is 95.0 cm³/mol. The molecule has 136 valence electrons. The molecule has 2 aliphatic heterocycles. The second kappa shape index (κ2) is 7.25. The van der Waals surface area contributed by atoms with Gasteiger partial charge in [-0.2, -0.15) is 4.98 Å². The number of piperidine rings is 1.